The first-order valence-electron chi connectivity index (χ1n) is 5.00. The van der Waals surface area contributed by atoms with Crippen molar-refractivity contribution in [1.82, 2.24) is 0 Å². The van der Waals surface area contributed by atoms with Crippen LogP contribution in [0.5, 0.6) is 0 Å². The average molecular weight is 270 g/mol. The zero-order valence-corrected chi connectivity index (χ0v) is 10.1. The molecule has 2 heterocycles. The Labute approximate surface area is 106 Å². The van der Waals surface area contributed by atoms with E-state index in [4.69, 9.17) is 4.74 Å². The second-order valence-corrected chi connectivity index (χ2v) is 4.48. The van der Waals surface area contributed by atoms with Crippen LogP contribution in [-0.4, -0.2) is 41.5 Å². The molecule has 0 radical (unpaired) electrons. The second kappa shape index (κ2) is 4.79. The third-order valence-electron chi connectivity index (χ3n) is 2.46. The lowest BCUT2D eigenvalue weighted by atomic mass is 10.1. The zero-order chi connectivity index (χ0) is 13.3. The minimum Gasteiger partial charge on any atom is -0.507 e. The fourth-order valence-corrected chi connectivity index (χ4v) is 2.35. The summed E-state index contributed by atoms with van der Waals surface area (Å²) in [5.74, 6) is -2.21. The highest BCUT2D eigenvalue weighted by Crippen LogP contribution is 2.33. The van der Waals surface area contributed by atoms with E-state index in [-0.39, 0.29) is 5.57 Å². The van der Waals surface area contributed by atoms with Crippen LogP contribution in [0.25, 0.3) is 5.57 Å². The van der Waals surface area contributed by atoms with E-state index in [1.807, 2.05) is 0 Å². The molecule has 0 spiro atoms. The highest BCUT2D eigenvalue weighted by atomic mass is 32.1. The van der Waals surface area contributed by atoms with Crippen LogP contribution in [0.1, 0.15) is 4.88 Å². The van der Waals surface area contributed by atoms with Crippen molar-refractivity contribution in [2.45, 2.75) is 12.2 Å². The van der Waals surface area contributed by atoms with Crippen molar-refractivity contribution in [2.75, 3.05) is 7.11 Å². The molecule has 0 bridgehead atoms. The summed E-state index contributed by atoms with van der Waals surface area (Å²) in [5, 5.41) is 21.2. The summed E-state index contributed by atoms with van der Waals surface area (Å²) in [6, 6.07) is 3.34. The van der Waals surface area contributed by atoms with E-state index in [0.29, 0.717) is 4.88 Å². The number of cyclic esters (lactones) is 1. The number of aliphatic hydroxyl groups excluding tert-OH is 2. The number of carbonyl (C=O) groups excluding carboxylic acids is 2. The van der Waals surface area contributed by atoms with Crippen LogP contribution in [0.15, 0.2) is 23.3 Å². The highest BCUT2D eigenvalue weighted by molar-refractivity contribution is 7.11. The van der Waals surface area contributed by atoms with Gasteiger partial charge in [-0.15, -0.1) is 11.3 Å². The van der Waals surface area contributed by atoms with Gasteiger partial charge in [-0.05, 0) is 11.4 Å². The highest BCUT2D eigenvalue weighted by Gasteiger charge is 2.43. The van der Waals surface area contributed by atoms with E-state index in [1.54, 1.807) is 17.5 Å². The van der Waals surface area contributed by atoms with Gasteiger partial charge in [0.25, 0.3) is 0 Å². The van der Waals surface area contributed by atoms with E-state index in [9.17, 15) is 19.8 Å². The molecule has 1 aliphatic heterocycles. The molecule has 0 saturated heterocycles. The zero-order valence-electron chi connectivity index (χ0n) is 9.32. The van der Waals surface area contributed by atoms with Gasteiger partial charge in [0.1, 0.15) is 5.57 Å². The Bertz CT molecular complexity index is 504. The van der Waals surface area contributed by atoms with Gasteiger partial charge in [0, 0.05) is 4.88 Å². The van der Waals surface area contributed by atoms with Gasteiger partial charge in [-0.25, -0.2) is 9.59 Å². The maximum Gasteiger partial charge on any atom is 0.344 e. The fourth-order valence-electron chi connectivity index (χ4n) is 1.58. The van der Waals surface area contributed by atoms with E-state index >= 15 is 0 Å². The number of hydrogen-bond donors (Lipinski definition) is 2. The summed E-state index contributed by atoms with van der Waals surface area (Å²) in [6.45, 7) is 0. The third-order valence-corrected chi connectivity index (χ3v) is 3.35. The molecule has 7 heteroatoms. The topological polar surface area (TPSA) is 93.1 Å². The average Bonchev–Trinajstić information content (AvgIpc) is 2.95. The van der Waals surface area contributed by atoms with Crippen LogP contribution < -0.4 is 0 Å². The fraction of sp³-hybridized carbons (Fsp3) is 0.273. The molecule has 18 heavy (non-hydrogen) atoms. The molecule has 2 N–H and O–H groups in total. The standard InChI is InChI=1S/C11H10O6S/c1-16-11(15)8(13)9-7(12)6(10(14)17-9)5-3-2-4-18-5/h2-4,8-9,12-13H,1H3/t8-,9+/m1/s1. The predicted octanol–water partition coefficient (Wildman–Crippen LogP) is 0.476. The van der Waals surface area contributed by atoms with E-state index in [2.05, 4.69) is 4.74 Å². The van der Waals surface area contributed by atoms with Gasteiger partial charge >= 0.3 is 11.9 Å². The first kappa shape index (κ1) is 12.6. The van der Waals surface area contributed by atoms with Gasteiger partial charge in [0.15, 0.2) is 18.0 Å². The van der Waals surface area contributed by atoms with Crippen LogP contribution in [0.2, 0.25) is 0 Å². The summed E-state index contributed by atoms with van der Waals surface area (Å²) in [7, 11) is 1.09. The summed E-state index contributed by atoms with van der Waals surface area (Å²) in [6.07, 6.45) is -3.15. The molecule has 96 valence electrons. The second-order valence-electron chi connectivity index (χ2n) is 3.53. The number of methoxy groups -OCH3 is 1. The quantitative estimate of drug-likeness (QED) is 0.776. The maximum absolute atomic E-state index is 11.6. The summed E-state index contributed by atoms with van der Waals surface area (Å²) >= 11 is 1.24. The van der Waals surface area contributed by atoms with Crippen LogP contribution in [0.3, 0.4) is 0 Å². The normalized spacial score (nSPS) is 20.8. The van der Waals surface area contributed by atoms with Gasteiger partial charge in [-0.3, -0.25) is 0 Å². The Morgan fingerprint density at radius 3 is 2.89 bits per heavy atom. The van der Waals surface area contributed by atoms with Crippen molar-refractivity contribution >= 4 is 28.8 Å². The van der Waals surface area contributed by atoms with E-state index < -0.39 is 29.9 Å². The first-order valence-corrected chi connectivity index (χ1v) is 5.88. The molecule has 0 saturated carbocycles. The molecule has 2 atom stereocenters. The van der Waals surface area contributed by atoms with Gasteiger partial charge in [-0.2, -0.15) is 0 Å². The molecule has 1 aliphatic rings. The van der Waals surface area contributed by atoms with E-state index in [0.717, 1.165) is 7.11 Å². The van der Waals surface area contributed by atoms with Gasteiger partial charge < -0.3 is 19.7 Å². The minimum absolute atomic E-state index is 0.0297. The van der Waals surface area contributed by atoms with Crippen molar-refractivity contribution in [3.05, 3.63) is 28.1 Å². The Morgan fingerprint density at radius 1 is 1.61 bits per heavy atom. The van der Waals surface area contributed by atoms with Gasteiger partial charge in [0.05, 0.1) is 7.11 Å². The van der Waals surface area contributed by atoms with Crippen molar-refractivity contribution in [2.24, 2.45) is 0 Å². The van der Waals surface area contributed by atoms with Crippen molar-refractivity contribution < 1.29 is 29.3 Å². The van der Waals surface area contributed by atoms with Crippen molar-refractivity contribution in [3.63, 3.8) is 0 Å². The van der Waals surface area contributed by atoms with Crippen LogP contribution in [-0.2, 0) is 19.1 Å². The molecular formula is C11H10O6S. The molecule has 0 amide bonds. The number of aliphatic hydroxyl groups is 2. The Kier molecular flexibility index (Phi) is 3.35. The molecular weight excluding hydrogens is 260 g/mol. The summed E-state index contributed by atoms with van der Waals surface area (Å²) in [5.41, 5.74) is -0.0297. The SMILES string of the molecule is COC(=O)[C@H](O)[C@H]1OC(=O)C(c2cccs2)=C1O. The molecule has 0 unspecified atom stereocenters. The van der Waals surface area contributed by atoms with Crippen molar-refractivity contribution in [3.8, 4) is 0 Å². The lowest BCUT2D eigenvalue weighted by Crippen LogP contribution is -2.36. The van der Waals surface area contributed by atoms with Gasteiger partial charge in [-0.1, -0.05) is 6.07 Å². The number of hydrogen-bond acceptors (Lipinski definition) is 7. The Balaban J connectivity index is 2.33. The lowest BCUT2D eigenvalue weighted by Gasteiger charge is -2.14. The first-order chi connectivity index (χ1) is 8.56. The largest absolute Gasteiger partial charge is 0.507 e. The van der Waals surface area contributed by atoms with Crippen molar-refractivity contribution in [1.29, 1.82) is 0 Å². The molecule has 6 nitrogen and oxygen atoms in total. The minimum atomic E-state index is -1.74. The molecule has 0 aromatic carbocycles. The molecule has 1 aromatic rings. The van der Waals surface area contributed by atoms with Crippen LogP contribution in [0.4, 0.5) is 0 Å². The predicted molar refractivity (Wildman–Crippen MR) is 61.8 cm³/mol. The monoisotopic (exact) mass is 270 g/mol. The van der Waals surface area contributed by atoms with Crippen LogP contribution in [0, 0.1) is 0 Å². The molecule has 1 aromatic heterocycles. The third kappa shape index (κ3) is 1.98. The summed E-state index contributed by atoms with van der Waals surface area (Å²) in [4.78, 5) is 23.3. The van der Waals surface area contributed by atoms with E-state index in [1.165, 1.54) is 11.3 Å². The number of esters is 2. The Hall–Kier alpha value is -1.86. The number of thiophene rings is 1. The number of carbonyl (C=O) groups is 2. The summed E-state index contributed by atoms with van der Waals surface area (Å²) < 4.78 is 9.11. The van der Waals surface area contributed by atoms with Gasteiger partial charge in [0.2, 0.25) is 0 Å². The number of ether oxygens (including phenoxy) is 2. The Morgan fingerprint density at radius 2 is 2.33 bits per heavy atom. The molecule has 2 rings (SSSR count). The maximum atomic E-state index is 11.6. The van der Waals surface area contributed by atoms with Crippen LogP contribution >= 0.6 is 11.3 Å². The number of rotatable bonds is 3. The molecule has 0 fully saturated rings. The molecule has 0 aliphatic carbocycles. The lowest BCUT2D eigenvalue weighted by molar-refractivity contribution is -0.161. The smallest absolute Gasteiger partial charge is 0.344 e.